The molecule has 0 radical (unpaired) electrons. The Balaban J connectivity index is 2.10. The smallest absolute Gasteiger partial charge is 0.128 e. The van der Waals surface area contributed by atoms with Gasteiger partial charge in [0.1, 0.15) is 16.2 Å². The number of hydrogen-bond donors (Lipinski definition) is 0. The lowest BCUT2D eigenvalue weighted by atomic mass is 10.3. The van der Waals surface area contributed by atoms with Gasteiger partial charge in [0.2, 0.25) is 0 Å². The van der Waals surface area contributed by atoms with Gasteiger partial charge in [0.15, 0.2) is 0 Å². The highest BCUT2D eigenvalue weighted by Crippen LogP contribution is 2.38. The van der Waals surface area contributed by atoms with Crippen molar-refractivity contribution in [2.75, 3.05) is 0 Å². The van der Waals surface area contributed by atoms with Crippen molar-refractivity contribution in [2.45, 2.75) is 16.8 Å². The molecule has 0 aliphatic rings. The molecule has 0 aliphatic heterocycles. The molecule has 0 aliphatic carbocycles. The van der Waals surface area contributed by atoms with Crippen molar-refractivity contribution in [3.8, 4) is 0 Å². The molecule has 0 amide bonds. The maximum Gasteiger partial charge on any atom is 0.128 e. The van der Waals surface area contributed by atoms with E-state index in [2.05, 4.69) is 25.4 Å². The monoisotopic (exact) mass is 299 g/mol. The lowest BCUT2D eigenvalue weighted by Gasteiger charge is -2.05. The minimum atomic E-state index is 0.611. The molecule has 0 N–H and O–H groups in total. The third-order valence-electron chi connectivity index (χ3n) is 2.74. The second-order valence-electron chi connectivity index (χ2n) is 4.04. The molecule has 2 heterocycles. The number of thiophene rings is 1. The summed E-state index contributed by atoms with van der Waals surface area (Å²) in [5, 5.41) is 7.74. The van der Waals surface area contributed by atoms with E-state index in [9.17, 15) is 0 Å². The van der Waals surface area contributed by atoms with E-state index in [0.29, 0.717) is 5.69 Å². The Bertz CT molecular complexity index is 820. The number of benzene rings is 1. The molecule has 0 fully saturated rings. The van der Waals surface area contributed by atoms with Gasteiger partial charge in [-0.3, -0.25) is 0 Å². The number of nitrogens with zero attached hydrogens (tertiary/aromatic N) is 5. The molecule has 20 heavy (non-hydrogen) atoms. The van der Waals surface area contributed by atoms with Crippen LogP contribution in [0.1, 0.15) is 5.56 Å². The van der Waals surface area contributed by atoms with Crippen molar-refractivity contribution in [3.05, 3.63) is 52.0 Å². The Kier molecular flexibility index (Phi) is 3.56. The van der Waals surface area contributed by atoms with Crippen LogP contribution < -0.4 is 0 Å². The van der Waals surface area contributed by atoms with Crippen LogP contribution in [0.3, 0.4) is 0 Å². The zero-order valence-corrected chi connectivity index (χ0v) is 12.1. The normalized spacial score (nSPS) is 10.4. The molecular weight excluding hydrogens is 290 g/mol. The molecule has 0 saturated carbocycles. The highest BCUT2D eigenvalue weighted by atomic mass is 32.2. The third-order valence-corrected chi connectivity index (χ3v) is 4.82. The maximum absolute atomic E-state index is 8.62. The predicted octanol–water partition coefficient (Wildman–Crippen LogP) is 5.09. The molecule has 2 aromatic heterocycles. The fourth-order valence-corrected chi connectivity index (χ4v) is 3.82. The van der Waals surface area contributed by atoms with E-state index < -0.39 is 0 Å². The van der Waals surface area contributed by atoms with Gasteiger partial charge in [-0.15, -0.1) is 11.3 Å². The Hall–Kier alpha value is -2.08. The molecule has 3 rings (SSSR count). The van der Waals surface area contributed by atoms with E-state index in [-0.39, 0.29) is 0 Å². The van der Waals surface area contributed by atoms with E-state index >= 15 is 0 Å². The van der Waals surface area contributed by atoms with Crippen molar-refractivity contribution in [2.24, 2.45) is 5.11 Å². The molecule has 5 nitrogen and oxygen atoms in total. The second kappa shape index (κ2) is 5.50. The van der Waals surface area contributed by atoms with Crippen molar-refractivity contribution in [3.63, 3.8) is 0 Å². The molecule has 0 unspecified atom stereocenters. The Morgan fingerprint density at radius 1 is 1.30 bits per heavy atom. The summed E-state index contributed by atoms with van der Waals surface area (Å²) in [7, 11) is 0. The highest BCUT2D eigenvalue weighted by Gasteiger charge is 2.11. The Labute approximate surface area is 123 Å². The molecule has 0 atom stereocenters. The van der Waals surface area contributed by atoms with Crippen LogP contribution >= 0.6 is 23.1 Å². The third kappa shape index (κ3) is 2.34. The second-order valence-corrected chi connectivity index (χ2v) is 5.93. The van der Waals surface area contributed by atoms with Crippen molar-refractivity contribution >= 4 is 39.0 Å². The summed E-state index contributed by atoms with van der Waals surface area (Å²) in [6.45, 7) is 2.05. The van der Waals surface area contributed by atoms with Gasteiger partial charge >= 0.3 is 0 Å². The lowest BCUT2D eigenvalue weighted by molar-refractivity contribution is 1.10. The number of azide groups is 1. The average Bonchev–Trinajstić information content (AvgIpc) is 2.84. The van der Waals surface area contributed by atoms with E-state index in [1.165, 1.54) is 11.8 Å². The zero-order chi connectivity index (χ0) is 13.9. The first-order chi connectivity index (χ1) is 9.79. The van der Waals surface area contributed by atoms with Crippen molar-refractivity contribution in [1.82, 2.24) is 9.97 Å². The van der Waals surface area contributed by atoms with Crippen LogP contribution in [0, 0.1) is 6.92 Å². The summed E-state index contributed by atoms with van der Waals surface area (Å²) in [5.41, 5.74) is 10.4. The predicted molar refractivity (Wildman–Crippen MR) is 81.5 cm³/mol. The number of aromatic nitrogens is 2. The minimum absolute atomic E-state index is 0.611. The molecule has 3 aromatic rings. The molecule has 7 heteroatoms. The van der Waals surface area contributed by atoms with Crippen LogP contribution in [0.4, 0.5) is 5.69 Å². The lowest BCUT2D eigenvalue weighted by Crippen LogP contribution is -1.85. The maximum atomic E-state index is 8.62. The molecule has 0 saturated heterocycles. The van der Waals surface area contributed by atoms with Gasteiger partial charge in [0.05, 0.1) is 5.69 Å². The summed E-state index contributed by atoms with van der Waals surface area (Å²) in [4.78, 5) is 13.4. The topological polar surface area (TPSA) is 74.5 Å². The van der Waals surface area contributed by atoms with Crippen LogP contribution in [0.5, 0.6) is 0 Å². The highest BCUT2D eigenvalue weighted by molar-refractivity contribution is 7.99. The van der Waals surface area contributed by atoms with Gasteiger partial charge < -0.3 is 0 Å². The van der Waals surface area contributed by atoms with Gasteiger partial charge in [0, 0.05) is 15.2 Å². The number of aryl methyl sites for hydroxylation is 1. The first-order valence-electron chi connectivity index (χ1n) is 5.80. The Morgan fingerprint density at radius 2 is 2.15 bits per heavy atom. The first-order valence-corrected chi connectivity index (χ1v) is 7.50. The van der Waals surface area contributed by atoms with Crippen molar-refractivity contribution in [1.29, 1.82) is 0 Å². The summed E-state index contributed by atoms with van der Waals surface area (Å²) in [6, 6.07) is 7.47. The zero-order valence-electron chi connectivity index (χ0n) is 10.5. The van der Waals surface area contributed by atoms with Gasteiger partial charge in [-0.25, -0.2) is 9.97 Å². The fraction of sp³-hybridized carbons (Fsp3) is 0.0769. The molecule has 1 aromatic carbocycles. The van der Waals surface area contributed by atoms with Gasteiger partial charge in [0.25, 0.3) is 0 Å². The number of fused-ring (bicyclic) bond motifs is 1. The van der Waals surface area contributed by atoms with Gasteiger partial charge in [-0.05, 0) is 29.5 Å². The van der Waals surface area contributed by atoms with Gasteiger partial charge in [-0.1, -0.05) is 35.1 Å². The van der Waals surface area contributed by atoms with Gasteiger partial charge in [-0.2, -0.15) is 0 Å². The summed E-state index contributed by atoms with van der Waals surface area (Å²) in [5.74, 6) is 0. The number of hydrogen-bond acceptors (Lipinski definition) is 5. The van der Waals surface area contributed by atoms with Crippen LogP contribution in [0.15, 0.2) is 51.0 Å². The Morgan fingerprint density at radius 3 is 3.00 bits per heavy atom. The van der Waals surface area contributed by atoms with Crippen LogP contribution in [0.25, 0.3) is 20.7 Å². The molecule has 98 valence electrons. The van der Waals surface area contributed by atoms with Crippen LogP contribution in [-0.4, -0.2) is 9.97 Å². The quantitative estimate of drug-likeness (QED) is 0.292. The first kappa shape index (κ1) is 12.9. The molecule has 0 spiro atoms. The van der Waals surface area contributed by atoms with Crippen molar-refractivity contribution < 1.29 is 0 Å². The average molecular weight is 299 g/mol. The van der Waals surface area contributed by atoms with Crippen LogP contribution in [-0.2, 0) is 0 Å². The standard InChI is InChI=1S/C13H9N5S2/c1-8-6-19-12-11(8)13(16-7-15-12)20-10-5-3-2-4-9(10)17-18-14/h2-7H,1H3. The SMILES string of the molecule is Cc1csc2ncnc(Sc3ccccc3N=[N+]=[N-])c12. The van der Waals surface area contributed by atoms with E-state index in [0.717, 1.165) is 25.7 Å². The van der Waals surface area contributed by atoms with E-state index in [1.807, 2.05) is 25.1 Å². The van der Waals surface area contributed by atoms with E-state index in [1.54, 1.807) is 23.7 Å². The summed E-state index contributed by atoms with van der Waals surface area (Å²) in [6.07, 6.45) is 1.57. The van der Waals surface area contributed by atoms with Crippen LogP contribution in [0.2, 0.25) is 0 Å². The number of rotatable bonds is 3. The van der Waals surface area contributed by atoms with E-state index in [4.69, 9.17) is 5.53 Å². The largest absolute Gasteiger partial charge is 0.229 e. The molecule has 0 bridgehead atoms. The molecular formula is C13H9N5S2. The summed E-state index contributed by atoms with van der Waals surface area (Å²) >= 11 is 3.10. The minimum Gasteiger partial charge on any atom is -0.229 e. The fourth-order valence-electron chi connectivity index (χ4n) is 1.84. The summed E-state index contributed by atoms with van der Waals surface area (Å²) < 4.78 is 0.